The molecule has 0 fully saturated rings. The second-order valence-corrected chi connectivity index (χ2v) is 2.48. The van der Waals surface area contributed by atoms with Crippen LogP contribution in [-0.2, 0) is 11.3 Å². The van der Waals surface area contributed by atoms with Crippen molar-refractivity contribution in [3.63, 3.8) is 0 Å². The third-order valence-corrected chi connectivity index (χ3v) is 1.43. The Kier molecular flexibility index (Phi) is 3.11. The van der Waals surface area contributed by atoms with Gasteiger partial charge < -0.3 is 4.74 Å². The van der Waals surface area contributed by atoms with Crippen LogP contribution in [0.2, 0.25) is 0 Å². The fraction of sp³-hybridized carbons (Fsp3) is 0.625. The van der Waals surface area contributed by atoms with Crippen molar-refractivity contribution in [2.24, 2.45) is 0 Å². The van der Waals surface area contributed by atoms with E-state index in [0.29, 0.717) is 0 Å². The van der Waals surface area contributed by atoms with Gasteiger partial charge in [0.1, 0.15) is 0 Å². The molecule has 0 bridgehead atoms. The Morgan fingerprint density at radius 1 is 1.64 bits per heavy atom. The van der Waals surface area contributed by atoms with Crippen molar-refractivity contribution >= 4 is 0 Å². The monoisotopic (exact) mass is 154 g/mol. The van der Waals surface area contributed by atoms with E-state index in [1.165, 1.54) is 5.56 Å². The first-order chi connectivity index (χ1) is 5.33. The summed E-state index contributed by atoms with van der Waals surface area (Å²) in [6, 6.07) is 0. The minimum atomic E-state index is 0.748. The summed E-state index contributed by atoms with van der Waals surface area (Å²) in [7, 11) is 0. The van der Waals surface area contributed by atoms with Crippen LogP contribution in [0.5, 0.6) is 0 Å². The number of aryl methyl sites for hydroxylation is 1. The van der Waals surface area contributed by atoms with Gasteiger partial charge in [0, 0.05) is 12.8 Å². The van der Waals surface area contributed by atoms with Crippen LogP contribution >= 0.6 is 0 Å². The topological polar surface area (TPSA) is 27.1 Å². The van der Waals surface area contributed by atoms with Crippen LogP contribution < -0.4 is 0 Å². The van der Waals surface area contributed by atoms with Gasteiger partial charge in [0.05, 0.1) is 19.3 Å². The smallest absolute Gasteiger partial charge is 0.0662 e. The molecule has 0 atom stereocenters. The Bertz CT molecular complexity index is 208. The summed E-state index contributed by atoms with van der Waals surface area (Å²) in [6.45, 7) is 6.40. The van der Waals surface area contributed by atoms with Crippen LogP contribution in [0.4, 0.5) is 0 Å². The molecule has 0 saturated carbocycles. The summed E-state index contributed by atoms with van der Waals surface area (Å²) in [6.07, 6.45) is 3.87. The third-order valence-electron chi connectivity index (χ3n) is 1.43. The van der Waals surface area contributed by atoms with Gasteiger partial charge in [-0.25, -0.2) is 0 Å². The van der Waals surface area contributed by atoms with Gasteiger partial charge in [-0.15, -0.1) is 0 Å². The molecule has 1 aromatic heterocycles. The van der Waals surface area contributed by atoms with Crippen LogP contribution in [-0.4, -0.2) is 23.0 Å². The highest BCUT2D eigenvalue weighted by molar-refractivity contribution is 4.99. The first-order valence-corrected chi connectivity index (χ1v) is 3.89. The molecule has 1 heterocycles. The predicted octanol–water partition coefficient (Wildman–Crippen LogP) is 1.23. The highest BCUT2D eigenvalue weighted by Gasteiger charge is 1.91. The van der Waals surface area contributed by atoms with Crippen molar-refractivity contribution in [1.82, 2.24) is 9.78 Å². The molecule has 11 heavy (non-hydrogen) atoms. The van der Waals surface area contributed by atoms with E-state index in [-0.39, 0.29) is 0 Å². The van der Waals surface area contributed by atoms with Crippen LogP contribution in [0.3, 0.4) is 0 Å². The number of ether oxygens (including phenoxy) is 1. The van der Waals surface area contributed by atoms with E-state index in [1.807, 2.05) is 30.9 Å². The molecule has 0 radical (unpaired) electrons. The zero-order valence-electron chi connectivity index (χ0n) is 7.08. The molecule has 0 N–H and O–H groups in total. The Morgan fingerprint density at radius 3 is 3.00 bits per heavy atom. The fourth-order valence-corrected chi connectivity index (χ4v) is 0.892. The first kappa shape index (κ1) is 8.27. The maximum Gasteiger partial charge on any atom is 0.0662 e. The highest BCUT2D eigenvalue weighted by atomic mass is 16.5. The van der Waals surface area contributed by atoms with Crippen LogP contribution in [0.1, 0.15) is 12.5 Å². The van der Waals surface area contributed by atoms with Crippen molar-refractivity contribution in [3.8, 4) is 0 Å². The standard InChI is InChI=1S/C8H14N2O/c1-3-11-5-4-10-7-8(2)6-9-10/h6-7H,3-5H2,1-2H3. The molecule has 1 aromatic rings. The molecule has 0 aliphatic heterocycles. The minimum Gasteiger partial charge on any atom is -0.380 e. The van der Waals surface area contributed by atoms with E-state index in [1.54, 1.807) is 0 Å². The lowest BCUT2D eigenvalue weighted by molar-refractivity contribution is 0.136. The Labute approximate surface area is 67.0 Å². The lowest BCUT2D eigenvalue weighted by Gasteiger charge is -2.00. The quantitative estimate of drug-likeness (QED) is 0.610. The molecule has 0 spiro atoms. The lowest BCUT2D eigenvalue weighted by atomic mass is 10.4. The average molecular weight is 154 g/mol. The van der Waals surface area contributed by atoms with Gasteiger partial charge in [0.15, 0.2) is 0 Å². The van der Waals surface area contributed by atoms with E-state index in [9.17, 15) is 0 Å². The summed E-state index contributed by atoms with van der Waals surface area (Å²) in [5, 5.41) is 4.12. The normalized spacial score (nSPS) is 10.4. The number of hydrogen-bond donors (Lipinski definition) is 0. The number of aromatic nitrogens is 2. The molecule has 0 unspecified atom stereocenters. The summed E-state index contributed by atoms with van der Waals surface area (Å²) in [5.41, 5.74) is 1.20. The van der Waals surface area contributed by atoms with Crippen molar-refractivity contribution in [3.05, 3.63) is 18.0 Å². The number of hydrogen-bond acceptors (Lipinski definition) is 2. The molecule has 62 valence electrons. The zero-order chi connectivity index (χ0) is 8.10. The molecule has 0 aliphatic carbocycles. The molecule has 1 rings (SSSR count). The number of nitrogens with zero attached hydrogens (tertiary/aromatic N) is 2. The van der Waals surface area contributed by atoms with Gasteiger partial charge in [-0.1, -0.05) is 0 Å². The van der Waals surface area contributed by atoms with Crippen LogP contribution in [0.25, 0.3) is 0 Å². The van der Waals surface area contributed by atoms with E-state index in [4.69, 9.17) is 4.74 Å². The Hall–Kier alpha value is -0.830. The van der Waals surface area contributed by atoms with Crippen molar-refractivity contribution in [2.75, 3.05) is 13.2 Å². The number of rotatable bonds is 4. The SMILES string of the molecule is CCOCCn1cc(C)cn1. The van der Waals surface area contributed by atoms with Gasteiger partial charge in [0.25, 0.3) is 0 Å². The molecule has 0 saturated heterocycles. The van der Waals surface area contributed by atoms with Gasteiger partial charge in [-0.3, -0.25) is 4.68 Å². The van der Waals surface area contributed by atoms with Gasteiger partial charge in [-0.05, 0) is 19.4 Å². The van der Waals surface area contributed by atoms with Crippen LogP contribution in [0.15, 0.2) is 12.4 Å². The molecular formula is C8H14N2O. The zero-order valence-corrected chi connectivity index (χ0v) is 7.08. The average Bonchev–Trinajstić information content (AvgIpc) is 2.37. The maximum absolute atomic E-state index is 5.19. The largest absolute Gasteiger partial charge is 0.380 e. The second-order valence-electron chi connectivity index (χ2n) is 2.48. The maximum atomic E-state index is 5.19. The van der Waals surface area contributed by atoms with Crippen molar-refractivity contribution < 1.29 is 4.74 Å². The summed E-state index contributed by atoms with van der Waals surface area (Å²) < 4.78 is 7.08. The van der Waals surface area contributed by atoms with E-state index in [2.05, 4.69) is 5.10 Å². The van der Waals surface area contributed by atoms with Crippen molar-refractivity contribution in [1.29, 1.82) is 0 Å². The van der Waals surface area contributed by atoms with E-state index in [0.717, 1.165) is 19.8 Å². The van der Waals surface area contributed by atoms with E-state index < -0.39 is 0 Å². The van der Waals surface area contributed by atoms with Crippen molar-refractivity contribution in [2.45, 2.75) is 20.4 Å². The van der Waals surface area contributed by atoms with Gasteiger partial charge in [-0.2, -0.15) is 5.10 Å². The van der Waals surface area contributed by atoms with Gasteiger partial charge >= 0.3 is 0 Å². The molecular weight excluding hydrogens is 140 g/mol. The summed E-state index contributed by atoms with van der Waals surface area (Å²) in [5.74, 6) is 0. The summed E-state index contributed by atoms with van der Waals surface area (Å²) >= 11 is 0. The highest BCUT2D eigenvalue weighted by Crippen LogP contribution is 1.93. The second kappa shape index (κ2) is 4.13. The minimum absolute atomic E-state index is 0.748. The summed E-state index contributed by atoms with van der Waals surface area (Å²) in [4.78, 5) is 0. The third kappa shape index (κ3) is 2.72. The predicted molar refractivity (Wildman–Crippen MR) is 43.5 cm³/mol. The first-order valence-electron chi connectivity index (χ1n) is 3.89. The van der Waals surface area contributed by atoms with Crippen LogP contribution in [0, 0.1) is 6.92 Å². The molecule has 3 heteroatoms. The fourth-order valence-electron chi connectivity index (χ4n) is 0.892. The van der Waals surface area contributed by atoms with E-state index >= 15 is 0 Å². The molecule has 0 aromatic carbocycles. The Balaban J connectivity index is 2.27. The lowest BCUT2D eigenvalue weighted by Crippen LogP contribution is -2.05. The Morgan fingerprint density at radius 2 is 2.45 bits per heavy atom. The molecule has 0 aliphatic rings. The molecule has 0 amide bonds. The molecule has 3 nitrogen and oxygen atoms in total. The van der Waals surface area contributed by atoms with Gasteiger partial charge in [0.2, 0.25) is 0 Å².